The zero-order valence-electron chi connectivity index (χ0n) is 21.1. The SMILES string of the molecule is CCCOc1ccc(-c2nn(-c3ccccc3)cc2C2CC2C(=O)Nc2ccccc2C(F)(F)F)cc1C. The molecule has 2 atom stereocenters. The summed E-state index contributed by atoms with van der Waals surface area (Å²) in [4.78, 5) is 13.0. The number of ether oxygens (including phenoxy) is 1. The van der Waals surface area contributed by atoms with E-state index in [1.165, 1.54) is 18.2 Å². The van der Waals surface area contributed by atoms with E-state index in [1.54, 1.807) is 4.68 Å². The van der Waals surface area contributed by atoms with Crippen molar-refractivity contribution in [3.63, 3.8) is 0 Å². The lowest BCUT2D eigenvalue weighted by Gasteiger charge is -2.13. The predicted molar refractivity (Wildman–Crippen MR) is 140 cm³/mol. The lowest BCUT2D eigenvalue weighted by Crippen LogP contribution is -2.18. The van der Waals surface area contributed by atoms with Crippen LogP contribution in [0.5, 0.6) is 5.75 Å². The van der Waals surface area contributed by atoms with Crippen molar-refractivity contribution in [2.45, 2.75) is 38.8 Å². The number of carbonyl (C=O) groups excluding carboxylic acids is 1. The Morgan fingerprint density at radius 2 is 1.82 bits per heavy atom. The van der Waals surface area contributed by atoms with Gasteiger partial charge in [-0.05, 0) is 67.8 Å². The summed E-state index contributed by atoms with van der Waals surface area (Å²) in [6.07, 6.45) is -1.19. The molecule has 0 bridgehead atoms. The van der Waals surface area contributed by atoms with Crippen LogP contribution in [-0.2, 0) is 11.0 Å². The molecule has 38 heavy (non-hydrogen) atoms. The maximum Gasteiger partial charge on any atom is 0.418 e. The van der Waals surface area contributed by atoms with Crippen molar-refractivity contribution >= 4 is 11.6 Å². The molecule has 5 rings (SSSR count). The Balaban J connectivity index is 1.45. The second-order valence-electron chi connectivity index (χ2n) is 9.52. The number of nitrogens with zero attached hydrogens (tertiary/aromatic N) is 2. The van der Waals surface area contributed by atoms with Gasteiger partial charge in [-0.25, -0.2) is 4.68 Å². The third kappa shape index (κ3) is 5.30. The molecule has 1 N–H and O–H groups in total. The number of carbonyl (C=O) groups is 1. The van der Waals surface area contributed by atoms with Crippen LogP contribution < -0.4 is 10.1 Å². The fourth-order valence-electron chi connectivity index (χ4n) is 4.66. The zero-order chi connectivity index (χ0) is 26.9. The Hall–Kier alpha value is -4.07. The van der Waals surface area contributed by atoms with Gasteiger partial charge >= 0.3 is 6.18 Å². The topological polar surface area (TPSA) is 56.2 Å². The van der Waals surface area contributed by atoms with Crippen LogP contribution >= 0.6 is 0 Å². The molecule has 0 radical (unpaired) electrons. The van der Waals surface area contributed by atoms with Crippen LogP contribution in [0.25, 0.3) is 16.9 Å². The second-order valence-corrected chi connectivity index (χ2v) is 9.52. The summed E-state index contributed by atoms with van der Waals surface area (Å²) in [7, 11) is 0. The van der Waals surface area contributed by atoms with E-state index in [0.717, 1.165) is 46.3 Å². The van der Waals surface area contributed by atoms with E-state index < -0.39 is 23.6 Å². The predicted octanol–water partition coefficient (Wildman–Crippen LogP) is 7.40. The first-order valence-electron chi connectivity index (χ1n) is 12.6. The van der Waals surface area contributed by atoms with Gasteiger partial charge in [-0.2, -0.15) is 18.3 Å². The number of amides is 1. The lowest BCUT2D eigenvalue weighted by atomic mass is 10.0. The molecule has 1 aliphatic carbocycles. The minimum absolute atomic E-state index is 0.156. The molecule has 1 saturated carbocycles. The van der Waals surface area contributed by atoms with Gasteiger partial charge in [0.2, 0.25) is 5.91 Å². The van der Waals surface area contributed by atoms with Crippen molar-refractivity contribution in [2.75, 3.05) is 11.9 Å². The van der Waals surface area contributed by atoms with Crippen LogP contribution in [0.2, 0.25) is 0 Å². The molecule has 4 aromatic rings. The first kappa shape index (κ1) is 25.6. The first-order chi connectivity index (χ1) is 18.3. The molecular weight excluding hydrogens is 491 g/mol. The normalized spacial score (nSPS) is 16.8. The fourth-order valence-corrected chi connectivity index (χ4v) is 4.66. The average molecular weight is 520 g/mol. The molecule has 3 aromatic carbocycles. The number of halogens is 3. The highest BCUT2D eigenvalue weighted by Crippen LogP contribution is 2.51. The number of benzene rings is 3. The number of hydrogen-bond donors (Lipinski definition) is 1. The number of aromatic nitrogens is 2. The van der Waals surface area contributed by atoms with Crippen molar-refractivity contribution in [2.24, 2.45) is 5.92 Å². The molecule has 0 aliphatic heterocycles. The highest BCUT2D eigenvalue weighted by atomic mass is 19.4. The van der Waals surface area contributed by atoms with Crippen molar-refractivity contribution in [1.82, 2.24) is 9.78 Å². The van der Waals surface area contributed by atoms with Gasteiger partial charge in [-0.15, -0.1) is 0 Å². The summed E-state index contributed by atoms with van der Waals surface area (Å²) in [6.45, 7) is 4.66. The van der Waals surface area contributed by atoms with Gasteiger partial charge in [0.05, 0.1) is 29.2 Å². The molecule has 1 amide bonds. The number of rotatable bonds is 8. The third-order valence-electron chi connectivity index (χ3n) is 6.69. The second kappa shape index (κ2) is 10.4. The van der Waals surface area contributed by atoms with Crippen LogP contribution in [0.3, 0.4) is 0 Å². The Labute approximate surface area is 219 Å². The van der Waals surface area contributed by atoms with E-state index in [4.69, 9.17) is 9.84 Å². The van der Waals surface area contributed by atoms with E-state index in [2.05, 4.69) is 12.2 Å². The lowest BCUT2D eigenvalue weighted by molar-refractivity contribution is -0.137. The Morgan fingerprint density at radius 1 is 1.08 bits per heavy atom. The average Bonchev–Trinajstić information content (AvgIpc) is 3.58. The zero-order valence-corrected chi connectivity index (χ0v) is 21.1. The van der Waals surface area contributed by atoms with Crippen molar-refractivity contribution < 1.29 is 22.7 Å². The van der Waals surface area contributed by atoms with Crippen LogP contribution in [0.15, 0.2) is 79.0 Å². The molecule has 1 aliphatic rings. The van der Waals surface area contributed by atoms with Crippen LogP contribution in [-0.4, -0.2) is 22.3 Å². The number of nitrogens with one attached hydrogen (secondary N) is 1. The number of anilines is 1. The molecule has 8 heteroatoms. The number of hydrogen-bond acceptors (Lipinski definition) is 3. The van der Waals surface area contributed by atoms with Gasteiger partial charge in [0.25, 0.3) is 0 Å². The molecule has 5 nitrogen and oxygen atoms in total. The van der Waals surface area contributed by atoms with Gasteiger partial charge in [0, 0.05) is 29.2 Å². The standard InChI is InChI=1S/C30H28F3N3O2/c1-3-15-38-27-14-13-20(16-19(27)2)28-24(18-36(35-28)21-9-5-4-6-10-21)22-17-23(22)29(37)34-26-12-8-7-11-25(26)30(31,32)33/h4-14,16,18,22-23H,3,15,17H2,1-2H3,(H,34,37). The molecule has 1 fully saturated rings. The summed E-state index contributed by atoms with van der Waals surface area (Å²) in [5.41, 5.74) is 3.29. The van der Waals surface area contributed by atoms with Gasteiger partial charge in [-0.1, -0.05) is 37.3 Å². The van der Waals surface area contributed by atoms with Crippen molar-refractivity contribution in [1.29, 1.82) is 0 Å². The molecule has 2 unspecified atom stereocenters. The maximum atomic E-state index is 13.4. The monoisotopic (exact) mass is 519 g/mol. The van der Waals surface area contributed by atoms with Gasteiger partial charge in [0.1, 0.15) is 5.75 Å². The summed E-state index contributed by atoms with van der Waals surface area (Å²) >= 11 is 0. The van der Waals surface area contributed by atoms with Crippen molar-refractivity contribution in [3.8, 4) is 22.7 Å². The number of aryl methyl sites for hydroxylation is 1. The molecule has 0 saturated heterocycles. The van der Waals surface area contributed by atoms with E-state index >= 15 is 0 Å². The summed E-state index contributed by atoms with van der Waals surface area (Å²) < 4.78 is 47.9. The fraction of sp³-hybridized carbons (Fsp3) is 0.267. The molecule has 1 aromatic heterocycles. The van der Waals surface area contributed by atoms with E-state index in [1.807, 2.05) is 61.7 Å². The Bertz CT molecular complexity index is 1450. The Morgan fingerprint density at radius 3 is 2.53 bits per heavy atom. The van der Waals surface area contributed by atoms with Crippen LogP contribution in [0, 0.1) is 12.8 Å². The molecule has 1 heterocycles. The third-order valence-corrected chi connectivity index (χ3v) is 6.69. The maximum absolute atomic E-state index is 13.4. The van der Waals surface area contributed by atoms with E-state index in [9.17, 15) is 18.0 Å². The van der Waals surface area contributed by atoms with Crippen molar-refractivity contribution in [3.05, 3.63) is 95.7 Å². The van der Waals surface area contributed by atoms with Crippen LogP contribution in [0.1, 0.15) is 42.4 Å². The minimum atomic E-state index is -4.55. The first-order valence-corrected chi connectivity index (χ1v) is 12.6. The van der Waals surface area contributed by atoms with Crippen LogP contribution in [0.4, 0.5) is 18.9 Å². The summed E-state index contributed by atoms with van der Waals surface area (Å²) in [5, 5.41) is 7.37. The number of alkyl halides is 3. The van der Waals surface area contributed by atoms with E-state index in [0.29, 0.717) is 13.0 Å². The highest BCUT2D eigenvalue weighted by molar-refractivity contribution is 5.96. The van der Waals surface area contributed by atoms with Gasteiger partial charge in [0.15, 0.2) is 0 Å². The highest BCUT2D eigenvalue weighted by Gasteiger charge is 2.46. The van der Waals surface area contributed by atoms with E-state index in [-0.39, 0.29) is 11.6 Å². The minimum Gasteiger partial charge on any atom is -0.493 e. The molecule has 0 spiro atoms. The Kier molecular flexibility index (Phi) is 6.97. The quantitative estimate of drug-likeness (QED) is 0.264. The number of para-hydroxylation sites is 2. The molecule has 196 valence electrons. The smallest absolute Gasteiger partial charge is 0.418 e. The summed E-state index contributed by atoms with van der Waals surface area (Å²) in [6, 6.07) is 20.6. The summed E-state index contributed by atoms with van der Waals surface area (Å²) in [5.74, 6) is -0.218. The largest absolute Gasteiger partial charge is 0.493 e. The van der Waals surface area contributed by atoms with Gasteiger partial charge in [-0.3, -0.25) is 4.79 Å². The molecular formula is C30H28F3N3O2. The van der Waals surface area contributed by atoms with Gasteiger partial charge < -0.3 is 10.1 Å².